The van der Waals surface area contributed by atoms with Gasteiger partial charge in [-0.3, -0.25) is 4.79 Å². The molecule has 0 radical (unpaired) electrons. The molecule has 0 saturated carbocycles. The van der Waals surface area contributed by atoms with Crippen LogP contribution < -0.4 is 0 Å². The zero-order valence-corrected chi connectivity index (χ0v) is 13.0. The van der Waals surface area contributed by atoms with Crippen LogP contribution in [0.3, 0.4) is 0 Å². The molecule has 1 aromatic rings. The first-order valence-corrected chi connectivity index (χ1v) is 8.08. The minimum Gasteiger partial charge on any atom is -0.340 e. The maximum Gasteiger partial charge on any atom is 0.244 e. The number of amides is 1. The predicted molar refractivity (Wildman–Crippen MR) is 75.3 cm³/mol. The van der Waals surface area contributed by atoms with Crippen LogP contribution in [0.15, 0.2) is 17.2 Å². The number of halogens is 2. The lowest BCUT2D eigenvalue weighted by molar-refractivity contribution is -0.129. The van der Waals surface area contributed by atoms with E-state index in [1.807, 2.05) is 0 Å². The molecule has 2 heterocycles. The Hall–Kier alpha value is -0.890. The molecule has 0 bridgehead atoms. The van der Waals surface area contributed by atoms with Crippen molar-refractivity contribution in [2.45, 2.75) is 11.8 Å². The zero-order chi connectivity index (χ0) is 14.9. The van der Waals surface area contributed by atoms with Crippen LogP contribution in [0, 0.1) is 0 Å². The number of rotatable bonds is 2. The van der Waals surface area contributed by atoms with Gasteiger partial charge in [0.2, 0.25) is 15.9 Å². The van der Waals surface area contributed by atoms with Gasteiger partial charge in [0, 0.05) is 39.3 Å². The molecule has 1 aromatic heterocycles. The van der Waals surface area contributed by atoms with Crippen LogP contribution in [-0.4, -0.2) is 54.7 Å². The Kier molecular flexibility index (Phi) is 4.53. The van der Waals surface area contributed by atoms with Crippen LogP contribution in [-0.2, 0) is 14.8 Å². The first-order chi connectivity index (χ1) is 9.32. The highest BCUT2D eigenvalue weighted by atomic mass is 35.5. The number of hydrogen-bond donors (Lipinski definition) is 0. The van der Waals surface area contributed by atoms with E-state index in [4.69, 9.17) is 23.2 Å². The lowest BCUT2D eigenvalue weighted by atomic mass is 10.3. The molecule has 0 unspecified atom stereocenters. The lowest BCUT2D eigenvalue weighted by Crippen LogP contribution is -2.49. The van der Waals surface area contributed by atoms with E-state index in [1.54, 1.807) is 4.90 Å². The van der Waals surface area contributed by atoms with Gasteiger partial charge in [-0.2, -0.15) is 4.31 Å². The highest BCUT2D eigenvalue weighted by molar-refractivity contribution is 7.89. The molecule has 2 rings (SSSR count). The first kappa shape index (κ1) is 15.5. The van der Waals surface area contributed by atoms with Crippen molar-refractivity contribution in [3.8, 4) is 0 Å². The lowest BCUT2D eigenvalue weighted by Gasteiger charge is -2.33. The molecule has 1 aliphatic rings. The summed E-state index contributed by atoms with van der Waals surface area (Å²) in [4.78, 5) is 16.6. The SMILES string of the molecule is CC(=O)N1CCN(S(=O)(=O)c2cnc(Cl)c(Cl)c2)CC1. The number of carbonyl (C=O) groups is 1. The summed E-state index contributed by atoms with van der Waals surface area (Å²) >= 11 is 11.5. The number of carbonyl (C=O) groups excluding carboxylic acids is 1. The molecule has 6 nitrogen and oxygen atoms in total. The highest BCUT2D eigenvalue weighted by Crippen LogP contribution is 2.24. The van der Waals surface area contributed by atoms with Gasteiger partial charge in [-0.15, -0.1) is 0 Å². The van der Waals surface area contributed by atoms with Gasteiger partial charge >= 0.3 is 0 Å². The number of nitrogens with zero attached hydrogens (tertiary/aromatic N) is 3. The zero-order valence-electron chi connectivity index (χ0n) is 10.7. The number of piperazine rings is 1. The Balaban J connectivity index is 2.19. The van der Waals surface area contributed by atoms with Crippen LogP contribution in [0.4, 0.5) is 0 Å². The van der Waals surface area contributed by atoms with Gasteiger partial charge in [0.05, 0.1) is 5.02 Å². The maximum atomic E-state index is 12.4. The molecule has 0 aromatic carbocycles. The van der Waals surface area contributed by atoms with E-state index in [0.717, 1.165) is 0 Å². The van der Waals surface area contributed by atoms with Gasteiger partial charge in [0.15, 0.2) is 0 Å². The van der Waals surface area contributed by atoms with Crippen molar-refractivity contribution in [1.82, 2.24) is 14.2 Å². The molecule has 1 amide bonds. The second-order valence-electron chi connectivity index (χ2n) is 4.35. The van der Waals surface area contributed by atoms with Gasteiger partial charge in [0.1, 0.15) is 10.0 Å². The van der Waals surface area contributed by atoms with Crippen LogP contribution in [0.5, 0.6) is 0 Å². The maximum absolute atomic E-state index is 12.4. The quantitative estimate of drug-likeness (QED) is 0.761. The molecule has 1 fully saturated rings. The summed E-state index contributed by atoms with van der Waals surface area (Å²) in [5.74, 6) is -0.0572. The molecule has 110 valence electrons. The van der Waals surface area contributed by atoms with Gasteiger partial charge < -0.3 is 4.90 Å². The third-order valence-corrected chi connectivity index (χ3v) is 5.64. The van der Waals surface area contributed by atoms with Crippen LogP contribution in [0.1, 0.15) is 6.92 Å². The fraction of sp³-hybridized carbons (Fsp3) is 0.455. The second kappa shape index (κ2) is 5.85. The minimum absolute atomic E-state index is 0.00294. The van der Waals surface area contributed by atoms with Crippen molar-refractivity contribution in [3.63, 3.8) is 0 Å². The molecule has 1 saturated heterocycles. The van der Waals surface area contributed by atoms with E-state index in [2.05, 4.69) is 4.98 Å². The van der Waals surface area contributed by atoms with E-state index in [1.165, 1.54) is 23.5 Å². The largest absolute Gasteiger partial charge is 0.340 e. The Morgan fingerprint density at radius 1 is 1.25 bits per heavy atom. The number of pyridine rings is 1. The summed E-state index contributed by atoms with van der Waals surface area (Å²) in [7, 11) is -3.66. The summed E-state index contributed by atoms with van der Waals surface area (Å²) < 4.78 is 26.1. The van der Waals surface area contributed by atoms with E-state index in [9.17, 15) is 13.2 Å². The smallest absolute Gasteiger partial charge is 0.244 e. The minimum atomic E-state index is -3.66. The number of hydrogen-bond acceptors (Lipinski definition) is 4. The Morgan fingerprint density at radius 3 is 2.35 bits per heavy atom. The standard InChI is InChI=1S/C11H13Cl2N3O3S/c1-8(17)15-2-4-16(5-3-15)20(18,19)9-6-10(12)11(13)14-7-9/h6-7H,2-5H2,1H3. The normalized spacial score (nSPS) is 17.2. The topological polar surface area (TPSA) is 70.6 Å². The number of aromatic nitrogens is 1. The summed E-state index contributed by atoms with van der Waals surface area (Å²) in [5.41, 5.74) is 0. The molecule has 0 spiro atoms. The first-order valence-electron chi connectivity index (χ1n) is 5.89. The Morgan fingerprint density at radius 2 is 1.85 bits per heavy atom. The summed E-state index contributed by atoms with van der Waals surface area (Å²) in [6.45, 7) is 2.73. The summed E-state index contributed by atoms with van der Waals surface area (Å²) in [5, 5.41) is 0.155. The van der Waals surface area contributed by atoms with Crippen LogP contribution in [0.25, 0.3) is 0 Å². The third-order valence-electron chi connectivity index (χ3n) is 3.09. The van der Waals surface area contributed by atoms with Gasteiger partial charge in [-0.1, -0.05) is 23.2 Å². The van der Waals surface area contributed by atoms with E-state index >= 15 is 0 Å². The van der Waals surface area contributed by atoms with Crippen LogP contribution >= 0.6 is 23.2 Å². The Bertz CT molecular complexity index is 628. The highest BCUT2D eigenvalue weighted by Gasteiger charge is 2.29. The molecule has 0 atom stereocenters. The average molecular weight is 338 g/mol. The van der Waals surface area contributed by atoms with Crippen molar-refractivity contribution >= 4 is 39.1 Å². The molecule has 20 heavy (non-hydrogen) atoms. The molecular formula is C11H13Cl2N3O3S. The van der Waals surface area contributed by atoms with E-state index in [0.29, 0.717) is 13.1 Å². The van der Waals surface area contributed by atoms with E-state index < -0.39 is 10.0 Å². The predicted octanol–water partition coefficient (Wildman–Crippen LogP) is 1.24. The van der Waals surface area contributed by atoms with Crippen molar-refractivity contribution in [3.05, 3.63) is 22.4 Å². The Labute approximate surface area is 127 Å². The van der Waals surface area contributed by atoms with Crippen molar-refractivity contribution in [2.75, 3.05) is 26.2 Å². The van der Waals surface area contributed by atoms with Gasteiger partial charge in [-0.05, 0) is 6.07 Å². The van der Waals surface area contributed by atoms with Gasteiger partial charge in [-0.25, -0.2) is 13.4 Å². The second-order valence-corrected chi connectivity index (χ2v) is 7.06. The molecule has 0 aliphatic carbocycles. The van der Waals surface area contributed by atoms with Crippen LogP contribution in [0.2, 0.25) is 10.2 Å². The third kappa shape index (κ3) is 3.06. The molecule has 9 heteroatoms. The van der Waals surface area contributed by atoms with Gasteiger partial charge in [0.25, 0.3) is 0 Å². The van der Waals surface area contributed by atoms with Crippen molar-refractivity contribution < 1.29 is 13.2 Å². The fourth-order valence-corrected chi connectivity index (χ4v) is 3.67. The molecule has 0 N–H and O–H groups in total. The van der Waals surface area contributed by atoms with E-state index in [-0.39, 0.29) is 34.1 Å². The van der Waals surface area contributed by atoms with Crippen molar-refractivity contribution in [1.29, 1.82) is 0 Å². The number of sulfonamides is 1. The summed E-state index contributed by atoms with van der Waals surface area (Å²) in [6.07, 6.45) is 1.18. The average Bonchev–Trinajstić information content (AvgIpc) is 2.41. The summed E-state index contributed by atoms with van der Waals surface area (Å²) in [6, 6.07) is 1.28. The molecule has 1 aliphatic heterocycles. The molecular weight excluding hydrogens is 325 g/mol. The monoisotopic (exact) mass is 337 g/mol. The fourth-order valence-electron chi connectivity index (χ4n) is 1.94. The van der Waals surface area contributed by atoms with Crippen molar-refractivity contribution in [2.24, 2.45) is 0 Å².